The smallest absolute Gasteiger partial charge is 0.162 e. The predicted octanol–water partition coefficient (Wildman–Crippen LogP) is 1.67. The molecule has 2 aliphatic rings. The number of nitrogens with one attached hydrogen (secondary N) is 1. The summed E-state index contributed by atoms with van der Waals surface area (Å²) in [6.45, 7) is 1.92. The van der Waals surface area contributed by atoms with E-state index in [9.17, 15) is 4.79 Å². The maximum atomic E-state index is 11.9. The van der Waals surface area contributed by atoms with Crippen molar-refractivity contribution in [2.75, 3.05) is 13.1 Å². The average molecular weight is 179 g/mol. The molecule has 0 aromatic rings. The molecule has 13 heavy (non-hydrogen) atoms. The van der Waals surface area contributed by atoms with Crippen molar-refractivity contribution in [2.24, 2.45) is 5.92 Å². The lowest BCUT2D eigenvalue weighted by Crippen LogP contribution is -2.20. The lowest BCUT2D eigenvalue weighted by atomic mass is 9.89. The lowest BCUT2D eigenvalue weighted by Gasteiger charge is -2.14. The van der Waals surface area contributed by atoms with E-state index in [1.54, 1.807) is 0 Å². The number of allylic oxidation sites excluding steroid dienone is 2. The first kappa shape index (κ1) is 8.95. The normalized spacial score (nSPS) is 28.6. The number of carbonyl (C=O) groups is 1. The molecular weight excluding hydrogens is 162 g/mol. The van der Waals surface area contributed by atoms with Gasteiger partial charge in [0.2, 0.25) is 0 Å². The molecule has 1 atom stereocenters. The fourth-order valence-corrected chi connectivity index (χ4v) is 2.20. The summed E-state index contributed by atoms with van der Waals surface area (Å²) in [5.41, 5.74) is 1.11. The van der Waals surface area contributed by atoms with E-state index < -0.39 is 0 Å². The van der Waals surface area contributed by atoms with Gasteiger partial charge in [0.1, 0.15) is 0 Å². The standard InChI is InChI=1S/C11H17NO/c13-11(10-6-7-12-8-10)9-4-2-1-3-5-9/h4,10,12H,1-3,5-8H2. The molecule has 0 saturated carbocycles. The van der Waals surface area contributed by atoms with E-state index in [-0.39, 0.29) is 5.92 Å². The van der Waals surface area contributed by atoms with Crippen LogP contribution in [-0.4, -0.2) is 18.9 Å². The van der Waals surface area contributed by atoms with Crippen LogP contribution in [0, 0.1) is 5.92 Å². The Morgan fingerprint density at radius 2 is 2.38 bits per heavy atom. The monoisotopic (exact) mass is 179 g/mol. The number of hydrogen-bond acceptors (Lipinski definition) is 2. The Bertz CT molecular complexity index is 226. The Balaban J connectivity index is 1.98. The van der Waals surface area contributed by atoms with E-state index in [2.05, 4.69) is 11.4 Å². The van der Waals surface area contributed by atoms with E-state index in [0.29, 0.717) is 5.78 Å². The van der Waals surface area contributed by atoms with Gasteiger partial charge in [-0.15, -0.1) is 0 Å². The SMILES string of the molecule is O=C(C1=CCCCC1)C1CCNC1. The van der Waals surface area contributed by atoms with Gasteiger partial charge in [0.15, 0.2) is 5.78 Å². The van der Waals surface area contributed by atoms with Crippen molar-refractivity contribution in [1.82, 2.24) is 5.32 Å². The van der Waals surface area contributed by atoms with Gasteiger partial charge in [-0.1, -0.05) is 6.08 Å². The number of Topliss-reactive ketones (excluding diaryl/α,β-unsaturated/α-hetero) is 1. The Kier molecular flexibility index (Phi) is 2.79. The number of ketones is 1. The van der Waals surface area contributed by atoms with Crippen molar-refractivity contribution in [3.8, 4) is 0 Å². The summed E-state index contributed by atoms with van der Waals surface area (Å²) in [7, 11) is 0. The minimum Gasteiger partial charge on any atom is -0.316 e. The molecular formula is C11H17NO. The van der Waals surface area contributed by atoms with E-state index in [0.717, 1.165) is 37.9 Å². The maximum absolute atomic E-state index is 11.9. The van der Waals surface area contributed by atoms with Crippen LogP contribution >= 0.6 is 0 Å². The van der Waals surface area contributed by atoms with E-state index in [1.165, 1.54) is 12.8 Å². The van der Waals surface area contributed by atoms with Crippen LogP contribution < -0.4 is 5.32 Å². The van der Waals surface area contributed by atoms with Gasteiger partial charge < -0.3 is 5.32 Å². The van der Waals surface area contributed by atoms with Gasteiger partial charge in [-0.05, 0) is 44.2 Å². The third-order valence-corrected chi connectivity index (χ3v) is 3.04. The summed E-state index contributed by atoms with van der Waals surface area (Å²) in [5.74, 6) is 0.703. The van der Waals surface area contributed by atoms with E-state index in [4.69, 9.17) is 0 Å². The Labute approximate surface area is 79.4 Å². The van der Waals surface area contributed by atoms with Crippen molar-refractivity contribution in [2.45, 2.75) is 32.1 Å². The second-order valence-electron chi connectivity index (χ2n) is 4.03. The molecule has 0 bridgehead atoms. The van der Waals surface area contributed by atoms with Gasteiger partial charge in [-0.25, -0.2) is 0 Å². The molecule has 1 aliphatic carbocycles. The molecule has 2 nitrogen and oxygen atoms in total. The Morgan fingerprint density at radius 3 is 3.00 bits per heavy atom. The van der Waals surface area contributed by atoms with Gasteiger partial charge in [0.05, 0.1) is 0 Å². The van der Waals surface area contributed by atoms with Crippen LogP contribution in [0.25, 0.3) is 0 Å². The zero-order valence-electron chi connectivity index (χ0n) is 8.01. The maximum Gasteiger partial charge on any atom is 0.162 e. The minimum atomic E-state index is 0.282. The van der Waals surface area contributed by atoms with Crippen molar-refractivity contribution in [3.05, 3.63) is 11.6 Å². The van der Waals surface area contributed by atoms with Gasteiger partial charge in [-0.3, -0.25) is 4.79 Å². The molecule has 72 valence electrons. The largest absolute Gasteiger partial charge is 0.316 e. The molecule has 2 rings (SSSR count). The van der Waals surface area contributed by atoms with Crippen LogP contribution in [0.5, 0.6) is 0 Å². The highest BCUT2D eigenvalue weighted by molar-refractivity contribution is 5.97. The summed E-state index contributed by atoms with van der Waals surface area (Å²) in [4.78, 5) is 11.9. The zero-order chi connectivity index (χ0) is 9.10. The second kappa shape index (κ2) is 4.05. The molecule has 0 aromatic carbocycles. The topological polar surface area (TPSA) is 29.1 Å². The summed E-state index contributed by atoms with van der Waals surface area (Å²) in [6, 6.07) is 0. The molecule has 0 aromatic heterocycles. The molecule has 1 fully saturated rings. The molecule has 1 aliphatic heterocycles. The van der Waals surface area contributed by atoms with E-state index in [1.807, 2.05) is 0 Å². The van der Waals surface area contributed by atoms with Crippen molar-refractivity contribution in [3.63, 3.8) is 0 Å². The van der Waals surface area contributed by atoms with E-state index >= 15 is 0 Å². The molecule has 1 heterocycles. The molecule has 0 radical (unpaired) electrons. The fraction of sp³-hybridized carbons (Fsp3) is 0.727. The first-order chi connectivity index (χ1) is 6.38. The molecule has 2 heteroatoms. The van der Waals surface area contributed by atoms with Crippen LogP contribution in [0.1, 0.15) is 32.1 Å². The second-order valence-corrected chi connectivity index (χ2v) is 4.03. The van der Waals surface area contributed by atoms with Crippen LogP contribution in [0.3, 0.4) is 0 Å². The predicted molar refractivity (Wildman–Crippen MR) is 52.5 cm³/mol. The number of rotatable bonds is 2. The summed E-state index contributed by atoms with van der Waals surface area (Å²) in [5, 5.41) is 3.24. The molecule has 1 unspecified atom stereocenters. The molecule has 1 saturated heterocycles. The van der Waals surface area contributed by atoms with Crippen LogP contribution in [0.2, 0.25) is 0 Å². The quantitative estimate of drug-likeness (QED) is 0.698. The highest BCUT2D eigenvalue weighted by Crippen LogP contribution is 2.23. The van der Waals surface area contributed by atoms with Crippen molar-refractivity contribution >= 4 is 5.78 Å². The molecule has 0 spiro atoms. The first-order valence-electron chi connectivity index (χ1n) is 5.32. The highest BCUT2D eigenvalue weighted by atomic mass is 16.1. The first-order valence-corrected chi connectivity index (χ1v) is 5.32. The van der Waals surface area contributed by atoms with Gasteiger partial charge >= 0.3 is 0 Å². The third kappa shape index (κ3) is 1.99. The fourth-order valence-electron chi connectivity index (χ4n) is 2.20. The summed E-state index contributed by atoms with van der Waals surface area (Å²) in [6.07, 6.45) is 7.80. The lowest BCUT2D eigenvalue weighted by molar-refractivity contribution is -0.118. The van der Waals surface area contributed by atoms with Gasteiger partial charge in [-0.2, -0.15) is 0 Å². The van der Waals surface area contributed by atoms with Crippen molar-refractivity contribution in [1.29, 1.82) is 0 Å². The van der Waals surface area contributed by atoms with Gasteiger partial charge in [0, 0.05) is 12.5 Å². The highest BCUT2D eigenvalue weighted by Gasteiger charge is 2.25. The number of hydrogen-bond donors (Lipinski definition) is 1. The van der Waals surface area contributed by atoms with Crippen LogP contribution in [-0.2, 0) is 4.79 Å². The van der Waals surface area contributed by atoms with Crippen LogP contribution in [0.15, 0.2) is 11.6 Å². The minimum absolute atomic E-state index is 0.282. The zero-order valence-corrected chi connectivity index (χ0v) is 8.01. The summed E-state index contributed by atoms with van der Waals surface area (Å²) >= 11 is 0. The molecule has 0 amide bonds. The Hall–Kier alpha value is -0.630. The third-order valence-electron chi connectivity index (χ3n) is 3.04. The van der Waals surface area contributed by atoms with Gasteiger partial charge in [0.25, 0.3) is 0 Å². The Morgan fingerprint density at radius 1 is 1.46 bits per heavy atom. The van der Waals surface area contributed by atoms with Crippen molar-refractivity contribution < 1.29 is 4.79 Å². The number of carbonyl (C=O) groups excluding carboxylic acids is 1. The average Bonchev–Trinajstić information content (AvgIpc) is 2.71. The summed E-state index contributed by atoms with van der Waals surface area (Å²) < 4.78 is 0. The molecule has 1 N–H and O–H groups in total. The van der Waals surface area contributed by atoms with Crippen LogP contribution in [0.4, 0.5) is 0 Å².